The normalized spacial score (nSPS) is 11.3. The third-order valence-electron chi connectivity index (χ3n) is 3.83. The first-order valence-electron chi connectivity index (χ1n) is 7.25. The average Bonchev–Trinajstić information content (AvgIpc) is 2.83. The molecule has 0 atom stereocenters. The highest BCUT2D eigenvalue weighted by Gasteiger charge is 2.10. The van der Waals surface area contributed by atoms with Crippen molar-refractivity contribution in [2.75, 3.05) is 7.11 Å². The van der Waals surface area contributed by atoms with Gasteiger partial charge in [0.1, 0.15) is 11.4 Å². The van der Waals surface area contributed by atoms with E-state index in [0.29, 0.717) is 0 Å². The number of fused-ring (bicyclic) bond motifs is 3. The van der Waals surface area contributed by atoms with Crippen molar-refractivity contribution < 1.29 is 4.74 Å². The first-order valence-corrected chi connectivity index (χ1v) is 7.25. The Bertz CT molecular complexity index is 758. The lowest BCUT2D eigenvalue weighted by Crippen LogP contribution is -1.97. The summed E-state index contributed by atoms with van der Waals surface area (Å²) < 4.78 is 5.33. The summed E-state index contributed by atoms with van der Waals surface area (Å²) >= 11 is 0. The van der Waals surface area contributed by atoms with Gasteiger partial charge in [0.25, 0.3) is 0 Å². The summed E-state index contributed by atoms with van der Waals surface area (Å²) in [5, 5.41) is 2.38. The first kappa shape index (κ1) is 13.0. The van der Waals surface area contributed by atoms with Gasteiger partial charge in [0.05, 0.1) is 7.11 Å². The molecular weight excluding hydrogens is 248 g/mol. The Morgan fingerprint density at radius 1 is 1.15 bits per heavy atom. The number of pyridine rings is 1. The van der Waals surface area contributed by atoms with Crippen LogP contribution in [0.4, 0.5) is 0 Å². The van der Waals surface area contributed by atoms with Crippen molar-refractivity contribution in [3.8, 4) is 5.75 Å². The lowest BCUT2D eigenvalue weighted by atomic mass is 10.0. The van der Waals surface area contributed by atoms with E-state index < -0.39 is 0 Å². The molecule has 20 heavy (non-hydrogen) atoms. The van der Waals surface area contributed by atoms with Crippen molar-refractivity contribution in [1.29, 1.82) is 0 Å². The largest absolute Gasteiger partial charge is 0.497 e. The molecule has 0 saturated carbocycles. The van der Waals surface area contributed by atoms with Gasteiger partial charge in [-0.15, -0.1) is 0 Å². The number of hydrogen-bond acceptors (Lipinski definition) is 2. The fourth-order valence-corrected chi connectivity index (χ4v) is 2.76. The van der Waals surface area contributed by atoms with Gasteiger partial charge in [0.15, 0.2) is 0 Å². The highest BCUT2D eigenvalue weighted by atomic mass is 16.5. The third-order valence-corrected chi connectivity index (χ3v) is 3.83. The number of nitrogens with one attached hydrogen (secondary N) is 1. The van der Waals surface area contributed by atoms with E-state index >= 15 is 0 Å². The van der Waals surface area contributed by atoms with E-state index in [-0.39, 0.29) is 0 Å². The summed E-state index contributed by atoms with van der Waals surface area (Å²) in [5.41, 5.74) is 4.67. The van der Waals surface area contributed by atoms with E-state index in [4.69, 9.17) is 9.72 Å². The number of ether oxygens (including phenoxy) is 1. The van der Waals surface area contributed by atoms with Crippen molar-refractivity contribution in [2.24, 2.45) is 0 Å². The molecule has 0 radical (unpaired) electrons. The molecule has 2 heterocycles. The second-order valence-electron chi connectivity index (χ2n) is 5.13. The Kier molecular flexibility index (Phi) is 3.35. The lowest BCUT2D eigenvalue weighted by Gasteiger charge is -2.06. The molecule has 3 heteroatoms. The molecule has 3 nitrogen and oxygen atoms in total. The zero-order chi connectivity index (χ0) is 14.1. The summed E-state index contributed by atoms with van der Waals surface area (Å²) in [6, 6.07) is 8.40. The molecular formula is C17H20N2O. The smallest absolute Gasteiger partial charge is 0.138 e. The summed E-state index contributed by atoms with van der Waals surface area (Å²) in [7, 11) is 1.70. The van der Waals surface area contributed by atoms with E-state index in [1.54, 1.807) is 7.11 Å². The molecule has 0 amide bonds. The Morgan fingerprint density at radius 3 is 2.70 bits per heavy atom. The van der Waals surface area contributed by atoms with Gasteiger partial charge in [0, 0.05) is 22.0 Å². The molecule has 0 bridgehead atoms. The number of benzene rings is 1. The number of rotatable bonds is 4. The molecule has 3 aromatic rings. The highest BCUT2D eigenvalue weighted by molar-refractivity contribution is 6.06. The molecule has 3 rings (SSSR count). The number of aryl methyl sites for hydroxylation is 2. The molecule has 0 spiro atoms. The molecule has 0 fully saturated rings. The first-order chi connectivity index (χ1) is 9.76. The fourth-order valence-electron chi connectivity index (χ4n) is 2.76. The van der Waals surface area contributed by atoms with Crippen LogP contribution in [-0.2, 0) is 12.8 Å². The van der Waals surface area contributed by atoms with E-state index in [0.717, 1.165) is 36.2 Å². The van der Waals surface area contributed by atoms with Gasteiger partial charge in [0.2, 0.25) is 0 Å². The van der Waals surface area contributed by atoms with Gasteiger partial charge in [-0.3, -0.25) is 0 Å². The number of hydrogen-bond donors (Lipinski definition) is 1. The van der Waals surface area contributed by atoms with Crippen LogP contribution in [0.15, 0.2) is 24.3 Å². The van der Waals surface area contributed by atoms with Crippen LogP contribution in [-0.4, -0.2) is 17.1 Å². The highest BCUT2D eigenvalue weighted by Crippen LogP contribution is 2.29. The minimum atomic E-state index is 0.883. The van der Waals surface area contributed by atoms with Crippen LogP contribution in [0.2, 0.25) is 0 Å². The minimum absolute atomic E-state index is 0.883. The molecule has 1 aromatic carbocycles. The third kappa shape index (κ3) is 2.03. The van der Waals surface area contributed by atoms with Crippen molar-refractivity contribution in [3.05, 3.63) is 35.5 Å². The van der Waals surface area contributed by atoms with Crippen molar-refractivity contribution >= 4 is 21.9 Å². The van der Waals surface area contributed by atoms with Gasteiger partial charge >= 0.3 is 0 Å². The van der Waals surface area contributed by atoms with Crippen LogP contribution >= 0.6 is 0 Å². The Morgan fingerprint density at radius 2 is 2.00 bits per heavy atom. The molecule has 0 aliphatic carbocycles. The van der Waals surface area contributed by atoms with Crippen LogP contribution < -0.4 is 4.74 Å². The van der Waals surface area contributed by atoms with Crippen molar-refractivity contribution in [1.82, 2.24) is 9.97 Å². The quantitative estimate of drug-likeness (QED) is 0.768. The second-order valence-corrected chi connectivity index (χ2v) is 5.13. The van der Waals surface area contributed by atoms with Crippen LogP contribution in [0.25, 0.3) is 21.9 Å². The fraction of sp³-hybridized carbons (Fsp3) is 0.353. The SMILES string of the molecule is CCCc1nc2[nH]c3ccc(OC)cc3c2cc1CC. The van der Waals surface area contributed by atoms with Crippen LogP contribution in [0.1, 0.15) is 31.5 Å². The molecule has 0 saturated heterocycles. The molecule has 0 aliphatic heterocycles. The lowest BCUT2D eigenvalue weighted by molar-refractivity contribution is 0.415. The van der Waals surface area contributed by atoms with E-state index in [1.165, 1.54) is 22.0 Å². The van der Waals surface area contributed by atoms with Gasteiger partial charge in [-0.05, 0) is 42.7 Å². The van der Waals surface area contributed by atoms with Gasteiger partial charge in [-0.2, -0.15) is 0 Å². The van der Waals surface area contributed by atoms with Gasteiger partial charge < -0.3 is 9.72 Å². The maximum Gasteiger partial charge on any atom is 0.138 e. The average molecular weight is 268 g/mol. The zero-order valence-corrected chi connectivity index (χ0v) is 12.3. The number of aromatic amines is 1. The van der Waals surface area contributed by atoms with Gasteiger partial charge in [-0.1, -0.05) is 20.3 Å². The molecule has 104 valence electrons. The second kappa shape index (κ2) is 5.16. The van der Waals surface area contributed by atoms with E-state index in [9.17, 15) is 0 Å². The summed E-state index contributed by atoms with van der Waals surface area (Å²) in [6.07, 6.45) is 3.19. The Balaban J connectivity index is 2.29. The van der Waals surface area contributed by atoms with Crippen LogP contribution in [0.5, 0.6) is 5.75 Å². The molecule has 0 unspecified atom stereocenters. The van der Waals surface area contributed by atoms with Crippen molar-refractivity contribution in [3.63, 3.8) is 0 Å². The minimum Gasteiger partial charge on any atom is -0.497 e. The maximum absolute atomic E-state index is 5.33. The number of H-pyrrole nitrogens is 1. The zero-order valence-electron chi connectivity index (χ0n) is 12.3. The maximum atomic E-state index is 5.33. The number of methoxy groups -OCH3 is 1. The molecule has 1 N–H and O–H groups in total. The van der Waals surface area contributed by atoms with Gasteiger partial charge in [-0.25, -0.2) is 4.98 Å². The van der Waals surface area contributed by atoms with E-state index in [1.807, 2.05) is 6.07 Å². The topological polar surface area (TPSA) is 37.9 Å². The number of aromatic nitrogens is 2. The summed E-state index contributed by atoms with van der Waals surface area (Å²) in [5.74, 6) is 0.883. The Hall–Kier alpha value is -2.03. The van der Waals surface area contributed by atoms with Crippen molar-refractivity contribution in [2.45, 2.75) is 33.1 Å². The summed E-state index contributed by atoms with van der Waals surface area (Å²) in [4.78, 5) is 8.24. The Labute approximate surface area is 119 Å². The molecule has 2 aromatic heterocycles. The monoisotopic (exact) mass is 268 g/mol. The predicted octanol–water partition coefficient (Wildman–Crippen LogP) is 4.24. The number of nitrogens with zero attached hydrogens (tertiary/aromatic N) is 1. The van der Waals surface area contributed by atoms with Crippen LogP contribution in [0, 0.1) is 0 Å². The standard InChI is InChI=1S/C17H20N2O/c1-4-6-15-11(5-2)9-14-13-10-12(20-3)7-8-16(13)19-17(14)18-15/h7-10H,4-6H2,1-3H3,(H,18,19). The predicted molar refractivity (Wildman–Crippen MR) is 83.5 cm³/mol. The van der Waals surface area contributed by atoms with E-state index in [2.05, 4.69) is 37.0 Å². The molecule has 0 aliphatic rings. The summed E-state index contributed by atoms with van der Waals surface area (Å²) in [6.45, 7) is 4.39. The van der Waals surface area contributed by atoms with Crippen LogP contribution in [0.3, 0.4) is 0 Å².